The average Bonchev–Trinajstić information content (AvgIpc) is 3.25. The molecule has 226 valence electrons. The monoisotopic (exact) mass is 665 g/mol. The summed E-state index contributed by atoms with van der Waals surface area (Å²) in [6.07, 6.45) is 0.0963. The van der Waals surface area contributed by atoms with Crippen LogP contribution in [0.4, 0.5) is 15.3 Å². The maximum Gasteiger partial charge on any atom is 0.410 e. The van der Waals surface area contributed by atoms with Gasteiger partial charge >= 0.3 is 12.1 Å². The van der Waals surface area contributed by atoms with Gasteiger partial charge in [0.25, 0.3) is 11.8 Å². The minimum atomic E-state index is -0.896. The number of nitrogens with zero attached hydrogens (tertiary/aromatic N) is 4. The van der Waals surface area contributed by atoms with Crippen molar-refractivity contribution in [1.29, 1.82) is 0 Å². The zero-order valence-corrected chi connectivity index (χ0v) is 25.9. The molecule has 0 radical (unpaired) electrons. The van der Waals surface area contributed by atoms with E-state index in [1.807, 2.05) is 0 Å². The number of rotatable bonds is 5. The SMILES string of the molecule is Cn1c(Br)cnc1C(=O)Nc1ccc(C(=O)N[C@H]2[C@@H]3CN(C(=O)N[C@@H]4CN(C(=O)OC(C)(C)C)C[C@H]4O)C[C@@H]32)c(Cl)c1. The summed E-state index contributed by atoms with van der Waals surface area (Å²) in [6.45, 7) is 6.46. The number of piperidine rings is 1. The topological polar surface area (TPSA) is 158 Å². The Labute approximate surface area is 256 Å². The Hall–Kier alpha value is -3.36. The molecule has 15 heteroatoms. The van der Waals surface area contributed by atoms with E-state index in [1.54, 1.807) is 49.4 Å². The molecule has 2 aromatic rings. The fourth-order valence-corrected chi connectivity index (χ4v) is 5.89. The van der Waals surface area contributed by atoms with E-state index in [4.69, 9.17) is 16.3 Å². The number of carbonyl (C=O) groups excluding carboxylic acids is 4. The lowest BCUT2D eigenvalue weighted by Crippen LogP contribution is -2.50. The van der Waals surface area contributed by atoms with Crippen LogP contribution in [0.2, 0.25) is 5.02 Å². The lowest BCUT2D eigenvalue weighted by molar-refractivity contribution is 0.0269. The van der Waals surface area contributed by atoms with Gasteiger partial charge in [-0.2, -0.15) is 0 Å². The molecule has 5 amide bonds. The third kappa shape index (κ3) is 6.35. The molecule has 1 saturated carbocycles. The van der Waals surface area contributed by atoms with Gasteiger partial charge in [-0.1, -0.05) is 11.6 Å². The van der Waals surface area contributed by atoms with Crippen LogP contribution in [0.15, 0.2) is 29.0 Å². The van der Waals surface area contributed by atoms with Crippen LogP contribution in [0, 0.1) is 11.8 Å². The fraction of sp³-hybridized carbons (Fsp3) is 0.519. The molecule has 5 atom stereocenters. The summed E-state index contributed by atoms with van der Waals surface area (Å²) in [6, 6.07) is 3.65. The number of aliphatic hydroxyl groups excluding tert-OH is 1. The number of benzene rings is 1. The van der Waals surface area contributed by atoms with Gasteiger partial charge in [0.2, 0.25) is 0 Å². The number of hydrogen-bond donors (Lipinski definition) is 4. The van der Waals surface area contributed by atoms with Gasteiger partial charge in [0.05, 0.1) is 35.5 Å². The normalized spacial score (nSPS) is 24.7. The predicted octanol–water partition coefficient (Wildman–Crippen LogP) is 2.44. The maximum absolute atomic E-state index is 12.9. The lowest BCUT2D eigenvalue weighted by atomic mass is 10.2. The summed E-state index contributed by atoms with van der Waals surface area (Å²) < 4.78 is 7.61. The van der Waals surface area contributed by atoms with Gasteiger partial charge in [-0.05, 0) is 54.9 Å². The third-order valence-corrected chi connectivity index (χ3v) is 8.68. The molecule has 3 fully saturated rings. The number of β-amino-alcohol motifs (C(OH)–C–C–N with tert-alkyl or cyclic N) is 1. The molecule has 3 heterocycles. The van der Waals surface area contributed by atoms with Crippen LogP contribution in [0.25, 0.3) is 0 Å². The van der Waals surface area contributed by atoms with Crippen molar-refractivity contribution in [2.75, 3.05) is 31.5 Å². The highest BCUT2D eigenvalue weighted by Crippen LogP contribution is 2.45. The number of carbonyl (C=O) groups is 4. The lowest BCUT2D eigenvalue weighted by Gasteiger charge is -2.25. The molecule has 0 bridgehead atoms. The van der Waals surface area contributed by atoms with Crippen LogP contribution in [0.3, 0.4) is 0 Å². The van der Waals surface area contributed by atoms with E-state index in [0.29, 0.717) is 23.4 Å². The van der Waals surface area contributed by atoms with Gasteiger partial charge in [-0.15, -0.1) is 0 Å². The van der Waals surface area contributed by atoms with Crippen molar-refractivity contribution >= 4 is 57.2 Å². The molecule has 0 spiro atoms. The first-order chi connectivity index (χ1) is 19.7. The van der Waals surface area contributed by atoms with Crippen molar-refractivity contribution in [2.24, 2.45) is 18.9 Å². The minimum absolute atomic E-state index is 0.0806. The summed E-state index contributed by atoms with van der Waals surface area (Å²) >= 11 is 9.68. The quantitative estimate of drug-likeness (QED) is 0.382. The van der Waals surface area contributed by atoms with Crippen molar-refractivity contribution in [2.45, 2.75) is 44.6 Å². The molecule has 1 aromatic heterocycles. The number of likely N-dealkylation sites (tertiary alicyclic amines) is 2. The molecule has 42 heavy (non-hydrogen) atoms. The number of aliphatic hydroxyl groups is 1. The summed E-state index contributed by atoms with van der Waals surface area (Å²) in [5, 5.41) is 19.1. The number of fused-ring (bicyclic) bond motifs is 1. The molecule has 4 N–H and O–H groups in total. The van der Waals surface area contributed by atoms with Gasteiger partial charge in [-0.25, -0.2) is 14.6 Å². The van der Waals surface area contributed by atoms with Crippen molar-refractivity contribution in [3.05, 3.63) is 45.4 Å². The number of urea groups is 1. The van der Waals surface area contributed by atoms with Gasteiger partial charge in [0.1, 0.15) is 10.2 Å². The molecular formula is C27H33BrClN7O6. The number of halogens is 2. The zero-order valence-electron chi connectivity index (χ0n) is 23.6. The summed E-state index contributed by atoms with van der Waals surface area (Å²) in [7, 11) is 1.70. The number of hydrogen-bond acceptors (Lipinski definition) is 7. The van der Waals surface area contributed by atoms with Crippen LogP contribution < -0.4 is 16.0 Å². The Balaban J connectivity index is 1.08. The molecule has 5 rings (SSSR count). The Kier molecular flexibility index (Phi) is 8.16. The second-order valence-electron chi connectivity index (χ2n) is 11.9. The predicted molar refractivity (Wildman–Crippen MR) is 156 cm³/mol. The largest absolute Gasteiger partial charge is 0.444 e. The Morgan fingerprint density at radius 1 is 1.05 bits per heavy atom. The van der Waals surface area contributed by atoms with E-state index in [9.17, 15) is 24.3 Å². The third-order valence-electron chi connectivity index (χ3n) is 7.63. The second-order valence-corrected chi connectivity index (χ2v) is 13.1. The van der Waals surface area contributed by atoms with Crippen molar-refractivity contribution in [3.8, 4) is 0 Å². The van der Waals surface area contributed by atoms with Crippen molar-refractivity contribution in [1.82, 2.24) is 30.0 Å². The summed E-state index contributed by atoms with van der Waals surface area (Å²) in [4.78, 5) is 57.7. The Bertz CT molecular complexity index is 1420. The first-order valence-electron chi connectivity index (χ1n) is 13.5. The minimum Gasteiger partial charge on any atom is -0.444 e. The number of aromatic nitrogens is 2. The molecule has 3 aliphatic rings. The molecule has 13 nitrogen and oxygen atoms in total. The first kappa shape index (κ1) is 30.1. The van der Waals surface area contributed by atoms with Crippen LogP contribution >= 0.6 is 27.5 Å². The Morgan fingerprint density at radius 2 is 1.74 bits per heavy atom. The number of nitrogens with one attached hydrogen (secondary N) is 3. The van der Waals surface area contributed by atoms with E-state index in [2.05, 4.69) is 36.9 Å². The smallest absolute Gasteiger partial charge is 0.410 e. The van der Waals surface area contributed by atoms with Crippen LogP contribution in [-0.4, -0.2) is 98.4 Å². The Morgan fingerprint density at radius 3 is 2.33 bits per heavy atom. The van der Waals surface area contributed by atoms with Crippen molar-refractivity contribution < 1.29 is 29.0 Å². The summed E-state index contributed by atoms with van der Waals surface area (Å²) in [5.74, 6) is -0.317. The highest BCUT2D eigenvalue weighted by Gasteiger charge is 2.57. The maximum atomic E-state index is 12.9. The van der Waals surface area contributed by atoms with Crippen LogP contribution in [0.1, 0.15) is 41.7 Å². The van der Waals surface area contributed by atoms with E-state index in [0.717, 1.165) is 0 Å². The van der Waals surface area contributed by atoms with Gasteiger partial charge in [0, 0.05) is 50.2 Å². The van der Waals surface area contributed by atoms with Crippen molar-refractivity contribution in [3.63, 3.8) is 0 Å². The van der Waals surface area contributed by atoms with Gasteiger partial charge in [0.15, 0.2) is 5.82 Å². The molecule has 1 aliphatic carbocycles. The van der Waals surface area contributed by atoms with Gasteiger partial charge in [-0.3, -0.25) is 9.59 Å². The molecule has 0 unspecified atom stereocenters. The number of anilines is 1. The first-order valence-corrected chi connectivity index (χ1v) is 14.7. The fourth-order valence-electron chi connectivity index (χ4n) is 5.35. The van der Waals surface area contributed by atoms with E-state index in [1.165, 1.54) is 17.2 Å². The standard InChI is InChI=1S/C27H33BrClN7O6/c1-27(2,3)42-26(41)36-11-18(19(37)12-36)32-25(40)35-9-15-16(10-35)21(15)33-23(38)14-6-5-13(7-17(14)29)31-24(39)22-30-8-20(28)34(22)4/h5-8,15-16,18-19,21,37H,9-12H2,1-4H3,(H,31,39)(H,32,40)(H,33,38)/t15-,16+,18-,19-,21+/m1/s1. The van der Waals surface area contributed by atoms with E-state index in [-0.39, 0.29) is 59.3 Å². The average molecular weight is 667 g/mol. The molecule has 1 aromatic carbocycles. The van der Waals surface area contributed by atoms with Crippen LogP contribution in [-0.2, 0) is 11.8 Å². The highest BCUT2D eigenvalue weighted by molar-refractivity contribution is 9.10. The summed E-state index contributed by atoms with van der Waals surface area (Å²) in [5.41, 5.74) is 0.0439. The van der Waals surface area contributed by atoms with E-state index < -0.39 is 29.7 Å². The number of amides is 5. The number of imidazole rings is 1. The van der Waals surface area contributed by atoms with Crippen LogP contribution in [0.5, 0.6) is 0 Å². The molecule has 2 saturated heterocycles. The van der Waals surface area contributed by atoms with E-state index >= 15 is 0 Å². The second kappa shape index (κ2) is 11.4. The number of ether oxygens (including phenoxy) is 1. The van der Waals surface area contributed by atoms with Gasteiger partial charge < -0.3 is 40.2 Å². The highest BCUT2D eigenvalue weighted by atomic mass is 79.9. The molecular weight excluding hydrogens is 634 g/mol. The zero-order chi connectivity index (χ0) is 30.5. The molecule has 2 aliphatic heterocycles.